The molecule has 7 heteroatoms. The number of hydrogen-bond donors (Lipinski definition) is 0. The van der Waals surface area contributed by atoms with E-state index in [1.807, 2.05) is 0 Å². The second-order valence-corrected chi connectivity index (χ2v) is 3.75. The van der Waals surface area contributed by atoms with Gasteiger partial charge in [0.15, 0.2) is 5.75 Å². The lowest BCUT2D eigenvalue weighted by Gasteiger charge is -2.08. The average Bonchev–Trinajstić information content (AvgIpc) is 2.03. The van der Waals surface area contributed by atoms with E-state index in [4.69, 9.17) is 0 Å². The van der Waals surface area contributed by atoms with Crippen LogP contribution in [0.3, 0.4) is 0 Å². The summed E-state index contributed by atoms with van der Waals surface area (Å²) in [5, 5.41) is 0. The lowest BCUT2D eigenvalue weighted by molar-refractivity contribution is -0.0500. The van der Waals surface area contributed by atoms with E-state index in [0.29, 0.717) is 0 Å². The van der Waals surface area contributed by atoms with Crippen LogP contribution in [0.4, 0.5) is 13.2 Å². The minimum absolute atomic E-state index is 0.496. The maximum atomic E-state index is 11.8. The standard InChI is InChI=1S/C7H4F3O3S/c8-7(9,10)14(11,12)13-6-4-2-1-3-5-6/h1-4H. The molecule has 0 heterocycles. The predicted octanol–water partition coefficient (Wildman–Crippen LogP) is 1.72. The Labute approximate surface area is 78.2 Å². The van der Waals surface area contributed by atoms with Crippen LogP contribution in [0.1, 0.15) is 0 Å². The molecule has 0 fully saturated rings. The van der Waals surface area contributed by atoms with Crippen molar-refractivity contribution in [2.75, 3.05) is 0 Å². The number of rotatable bonds is 2. The van der Waals surface area contributed by atoms with E-state index in [1.165, 1.54) is 18.2 Å². The zero-order valence-electron chi connectivity index (χ0n) is 6.58. The second-order valence-electron chi connectivity index (χ2n) is 2.21. The summed E-state index contributed by atoms with van der Waals surface area (Å²) in [4.78, 5) is 0. The van der Waals surface area contributed by atoms with Gasteiger partial charge in [-0.05, 0) is 6.07 Å². The Morgan fingerprint density at radius 2 is 1.93 bits per heavy atom. The van der Waals surface area contributed by atoms with E-state index in [1.54, 1.807) is 0 Å². The fraction of sp³-hybridized carbons (Fsp3) is 0.143. The average molecular weight is 225 g/mol. The van der Waals surface area contributed by atoms with Crippen LogP contribution in [-0.2, 0) is 10.1 Å². The molecule has 0 saturated carbocycles. The van der Waals surface area contributed by atoms with Gasteiger partial charge >= 0.3 is 15.6 Å². The van der Waals surface area contributed by atoms with Gasteiger partial charge in [0.25, 0.3) is 0 Å². The molecule has 3 nitrogen and oxygen atoms in total. The number of alkyl halides is 3. The number of halogens is 3. The minimum Gasteiger partial charge on any atom is -0.375 e. The molecule has 1 rings (SSSR count). The quantitative estimate of drug-likeness (QED) is 0.568. The summed E-state index contributed by atoms with van der Waals surface area (Å²) in [7, 11) is -5.58. The third kappa shape index (κ3) is 2.38. The molecule has 0 atom stereocenters. The van der Waals surface area contributed by atoms with E-state index >= 15 is 0 Å². The third-order valence-corrected chi connectivity index (χ3v) is 2.13. The molecule has 77 valence electrons. The van der Waals surface area contributed by atoms with Gasteiger partial charge in [-0.2, -0.15) is 21.6 Å². The molecular formula is C7H4F3O3S. The van der Waals surface area contributed by atoms with Crippen LogP contribution in [0.5, 0.6) is 5.75 Å². The number of hydrogen-bond acceptors (Lipinski definition) is 3. The first-order valence-corrected chi connectivity index (χ1v) is 4.71. The maximum absolute atomic E-state index is 11.8. The molecular weight excluding hydrogens is 221 g/mol. The van der Waals surface area contributed by atoms with Crippen molar-refractivity contribution in [2.24, 2.45) is 0 Å². The van der Waals surface area contributed by atoms with Crippen LogP contribution in [0.15, 0.2) is 24.3 Å². The van der Waals surface area contributed by atoms with E-state index in [0.717, 1.165) is 6.07 Å². The van der Waals surface area contributed by atoms with Crippen LogP contribution in [-0.4, -0.2) is 13.9 Å². The summed E-state index contributed by atoms with van der Waals surface area (Å²) < 4.78 is 60.0. The van der Waals surface area contributed by atoms with Crippen molar-refractivity contribution in [3.05, 3.63) is 30.3 Å². The fourth-order valence-corrected chi connectivity index (χ4v) is 1.03. The smallest absolute Gasteiger partial charge is 0.375 e. The SMILES string of the molecule is O=S(=O)(Oc1[c]cccc1)C(F)(F)F. The highest BCUT2D eigenvalue weighted by molar-refractivity contribution is 7.87. The highest BCUT2D eigenvalue weighted by atomic mass is 32.2. The molecule has 0 spiro atoms. The molecule has 0 aliphatic heterocycles. The van der Waals surface area contributed by atoms with Gasteiger partial charge in [-0.3, -0.25) is 0 Å². The lowest BCUT2D eigenvalue weighted by Crippen LogP contribution is -2.28. The first-order chi connectivity index (χ1) is 6.33. The van der Waals surface area contributed by atoms with Crippen LogP contribution >= 0.6 is 0 Å². The highest BCUT2D eigenvalue weighted by Crippen LogP contribution is 2.26. The van der Waals surface area contributed by atoms with E-state index in [2.05, 4.69) is 10.2 Å². The molecule has 0 aliphatic rings. The Morgan fingerprint density at radius 1 is 1.29 bits per heavy atom. The maximum Gasteiger partial charge on any atom is 0.534 e. The largest absolute Gasteiger partial charge is 0.534 e. The highest BCUT2D eigenvalue weighted by Gasteiger charge is 2.48. The first-order valence-electron chi connectivity index (χ1n) is 3.30. The van der Waals surface area contributed by atoms with Crippen molar-refractivity contribution in [3.8, 4) is 5.75 Å². The fourth-order valence-electron chi connectivity index (χ4n) is 0.594. The zero-order chi connectivity index (χ0) is 10.8. The van der Waals surface area contributed by atoms with Gasteiger partial charge in [0.2, 0.25) is 0 Å². The normalized spacial score (nSPS) is 12.5. The minimum atomic E-state index is -5.58. The van der Waals surface area contributed by atoms with Gasteiger partial charge in [0, 0.05) is 6.07 Å². The van der Waals surface area contributed by atoms with Crippen LogP contribution in [0.2, 0.25) is 0 Å². The molecule has 0 N–H and O–H groups in total. The number of para-hydroxylation sites is 1. The van der Waals surface area contributed by atoms with E-state index < -0.39 is 21.4 Å². The molecule has 14 heavy (non-hydrogen) atoms. The van der Waals surface area contributed by atoms with Gasteiger partial charge in [0.05, 0.1) is 0 Å². The lowest BCUT2D eigenvalue weighted by atomic mass is 10.3. The van der Waals surface area contributed by atoms with E-state index in [-0.39, 0.29) is 0 Å². The first kappa shape index (κ1) is 10.8. The Balaban J connectivity index is 2.91. The molecule has 1 radical (unpaired) electrons. The molecule has 1 aromatic carbocycles. The summed E-state index contributed by atoms with van der Waals surface area (Å²) in [6, 6.07) is 7.29. The number of benzene rings is 1. The van der Waals surface area contributed by atoms with Gasteiger partial charge in [-0.1, -0.05) is 18.2 Å². The summed E-state index contributed by atoms with van der Waals surface area (Å²) >= 11 is 0. The van der Waals surface area contributed by atoms with Crippen molar-refractivity contribution in [3.63, 3.8) is 0 Å². The van der Waals surface area contributed by atoms with Crippen molar-refractivity contribution >= 4 is 10.1 Å². The van der Waals surface area contributed by atoms with Gasteiger partial charge in [-0.15, -0.1) is 0 Å². The topological polar surface area (TPSA) is 43.4 Å². The zero-order valence-corrected chi connectivity index (χ0v) is 7.39. The van der Waals surface area contributed by atoms with Crippen molar-refractivity contribution < 1.29 is 25.8 Å². The van der Waals surface area contributed by atoms with Crippen LogP contribution < -0.4 is 4.18 Å². The van der Waals surface area contributed by atoms with Crippen molar-refractivity contribution in [2.45, 2.75) is 5.51 Å². The summed E-state index contributed by atoms with van der Waals surface area (Å²) in [5.41, 5.74) is -5.42. The Hall–Kier alpha value is -1.24. The Bertz CT molecular complexity index is 396. The third-order valence-electron chi connectivity index (χ3n) is 1.16. The van der Waals surface area contributed by atoms with Crippen LogP contribution in [0.25, 0.3) is 0 Å². The van der Waals surface area contributed by atoms with E-state index in [9.17, 15) is 21.6 Å². The molecule has 0 unspecified atom stereocenters. The molecule has 0 aromatic heterocycles. The molecule has 0 bridgehead atoms. The second kappa shape index (κ2) is 3.49. The van der Waals surface area contributed by atoms with Gasteiger partial charge in [-0.25, -0.2) is 0 Å². The summed E-state index contributed by atoms with van der Waals surface area (Å²) in [5.74, 6) is -0.496. The van der Waals surface area contributed by atoms with Crippen molar-refractivity contribution in [1.82, 2.24) is 0 Å². The van der Waals surface area contributed by atoms with Crippen molar-refractivity contribution in [1.29, 1.82) is 0 Å². The van der Waals surface area contributed by atoms with Gasteiger partial charge < -0.3 is 4.18 Å². The Kier molecular flexibility index (Phi) is 2.70. The monoisotopic (exact) mass is 225 g/mol. The summed E-state index contributed by atoms with van der Waals surface area (Å²) in [6.45, 7) is 0. The molecule has 0 amide bonds. The molecule has 0 aliphatic carbocycles. The van der Waals surface area contributed by atoms with Gasteiger partial charge in [0.1, 0.15) is 0 Å². The predicted molar refractivity (Wildman–Crippen MR) is 40.9 cm³/mol. The molecule has 0 saturated heterocycles. The molecule has 1 aromatic rings. The Morgan fingerprint density at radius 3 is 2.36 bits per heavy atom. The summed E-state index contributed by atoms with van der Waals surface area (Å²) in [6.07, 6.45) is 0. The van der Waals surface area contributed by atoms with Crippen LogP contribution in [0, 0.1) is 6.07 Å².